The van der Waals surface area contributed by atoms with E-state index < -0.39 is 6.04 Å². The summed E-state index contributed by atoms with van der Waals surface area (Å²) in [6.45, 7) is 13.4. The molecule has 0 aliphatic heterocycles. The van der Waals surface area contributed by atoms with Gasteiger partial charge in [-0.3, -0.25) is 4.79 Å². The maximum absolute atomic E-state index is 11.2. The molecule has 0 bridgehead atoms. The average Bonchev–Trinajstić information content (AvgIpc) is 2.36. The van der Waals surface area contributed by atoms with Gasteiger partial charge in [0.1, 0.15) is 6.04 Å². The van der Waals surface area contributed by atoms with Crippen molar-refractivity contribution in [2.45, 2.75) is 39.7 Å². The number of nitrogens with two attached hydrogens (primary N) is 1. The molecular formula is C14H25NO2. The second kappa shape index (κ2) is 12.7. The fourth-order valence-corrected chi connectivity index (χ4v) is 1.09. The summed E-state index contributed by atoms with van der Waals surface area (Å²) >= 11 is 0. The summed E-state index contributed by atoms with van der Waals surface area (Å²) < 4.78 is 4.80. The third kappa shape index (κ3) is 9.57. The molecule has 98 valence electrons. The molecule has 0 saturated heterocycles. The first-order valence-corrected chi connectivity index (χ1v) is 6.02. The van der Waals surface area contributed by atoms with Crippen LogP contribution in [0, 0.1) is 0 Å². The first-order chi connectivity index (χ1) is 8.15. The van der Waals surface area contributed by atoms with Crippen LogP contribution < -0.4 is 5.73 Å². The molecule has 0 heterocycles. The van der Waals surface area contributed by atoms with Crippen LogP contribution in [0.25, 0.3) is 0 Å². The summed E-state index contributed by atoms with van der Waals surface area (Å²) in [7, 11) is 0. The summed E-state index contributed by atoms with van der Waals surface area (Å²) in [6, 6.07) is -0.557. The van der Waals surface area contributed by atoms with E-state index >= 15 is 0 Å². The van der Waals surface area contributed by atoms with Crippen LogP contribution in [0.1, 0.15) is 33.6 Å². The van der Waals surface area contributed by atoms with Gasteiger partial charge in [-0.25, -0.2) is 0 Å². The topological polar surface area (TPSA) is 52.3 Å². The Hall–Kier alpha value is -1.35. The molecule has 0 fully saturated rings. The van der Waals surface area contributed by atoms with Crippen LogP contribution in [0.3, 0.4) is 0 Å². The Labute approximate surface area is 105 Å². The number of carbonyl (C=O) groups is 1. The molecule has 1 atom stereocenters. The molecule has 0 spiro atoms. The largest absolute Gasteiger partial charge is 0.465 e. The third-order valence-electron chi connectivity index (χ3n) is 1.93. The predicted octanol–water partition coefficient (Wildman–Crippen LogP) is 2.98. The highest BCUT2D eigenvalue weighted by molar-refractivity contribution is 5.75. The van der Waals surface area contributed by atoms with E-state index in [1.54, 1.807) is 19.1 Å². The minimum absolute atomic E-state index is 0.348. The van der Waals surface area contributed by atoms with Gasteiger partial charge < -0.3 is 10.5 Å². The van der Waals surface area contributed by atoms with Crippen molar-refractivity contribution in [1.29, 1.82) is 0 Å². The maximum atomic E-state index is 11.2. The van der Waals surface area contributed by atoms with Gasteiger partial charge in [-0.15, -0.1) is 0 Å². The molecule has 0 amide bonds. The molecule has 1 unspecified atom stereocenters. The first kappa shape index (κ1) is 18.0. The second-order valence-corrected chi connectivity index (χ2v) is 3.08. The summed E-state index contributed by atoms with van der Waals surface area (Å²) in [5.41, 5.74) is 6.66. The van der Waals surface area contributed by atoms with Crippen molar-refractivity contribution < 1.29 is 9.53 Å². The lowest BCUT2D eigenvalue weighted by Crippen LogP contribution is -2.32. The summed E-state index contributed by atoms with van der Waals surface area (Å²) in [4.78, 5) is 11.2. The highest BCUT2D eigenvalue weighted by Crippen LogP contribution is 2.08. The van der Waals surface area contributed by atoms with Crippen LogP contribution in [0.2, 0.25) is 0 Å². The van der Waals surface area contributed by atoms with Crippen molar-refractivity contribution in [2.24, 2.45) is 5.73 Å². The predicted molar refractivity (Wildman–Crippen MR) is 73.7 cm³/mol. The van der Waals surface area contributed by atoms with Gasteiger partial charge in [0.05, 0.1) is 6.61 Å². The maximum Gasteiger partial charge on any atom is 0.322 e. The Morgan fingerprint density at radius 2 is 2.00 bits per heavy atom. The minimum Gasteiger partial charge on any atom is -0.465 e. The summed E-state index contributed by atoms with van der Waals surface area (Å²) in [5, 5.41) is 0. The lowest BCUT2D eigenvalue weighted by atomic mass is 10.1. The Morgan fingerprint density at radius 1 is 1.41 bits per heavy atom. The SMILES string of the molecule is C=C/C=C(\C=C)CCC(N)C(=O)OCC.CC. The molecule has 0 rings (SSSR count). The quantitative estimate of drug-likeness (QED) is 0.549. The monoisotopic (exact) mass is 239 g/mol. The minimum atomic E-state index is -0.557. The fraction of sp³-hybridized carbons (Fsp3) is 0.500. The number of rotatable bonds is 7. The number of carbonyl (C=O) groups excluding carboxylic acids is 1. The molecule has 0 aliphatic rings. The molecule has 3 nitrogen and oxygen atoms in total. The van der Waals surface area contributed by atoms with E-state index in [2.05, 4.69) is 13.2 Å². The van der Waals surface area contributed by atoms with Crippen LogP contribution in [0.5, 0.6) is 0 Å². The van der Waals surface area contributed by atoms with E-state index in [9.17, 15) is 4.79 Å². The molecule has 3 heteroatoms. The Bertz CT molecular complexity index is 257. The molecule has 0 aromatic heterocycles. The zero-order chi connectivity index (χ0) is 13.7. The van der Waals surface area contributed by atoms with E-state index in [0.29, 0.717) is 19.4 Å². The normalized spacial score (nSPS) is 11.9. The van der Waals surface area contributed by atoms with Crippen LogP contribution in [-0.2, 0) is 9.53 Å². The van der Waals surface area contributed by atoms with Gasteiger partial charge in [0.15, 0.2) is 0 Å². The number of esters is 1. The first-order valence-electron chi connectivity index (χ1n) is 6.02. The summed E-state index contributed by atoms with van der Waals surface area (Å²) in [6.07, 6.45) is 6.54. The lowest BCUT2D eigenvalue weighted by molar-refractivity contribution is -0.144. The van der Waals surface area contributed by atoms with Crippen molar-refractivity contribution in [3.05, 3.63) is 37.0 Å². The van der Waals surface area contributed by atoms with Crippen molar-refractivity contribution in [2.75, 3.05) is 6.61 Å². The van der Waals surface area contributed by atoms with Gasteiger partial charge in [0.2, 0.25) is 0 Å². The molecule has 17 heavy (non-hydrogen) atoms. The number of hydrogen-bond acceptors (Lipinski definition) is 3. The van der Waals surface area contributed by atoms with Gasteiger partial charge in [-0.1, -0.05) is 45.2 Å². The highest BCUT2D eigenvalue weighted by Gasteiger charge is 2.13. The molecule has 0 aromatic rings. The van der Waals surface area contributed by atoms with E-state index in [-0.39, 0.29) is 5.97 Å². The number of allylic oxidation sites excluding steroid dienone is 4. The Kier molecular flexibility index (Phi) is 13.5. The lowest BCUT2D eigenvalue weighted by Gasteiger charge is -2.10. The molecule has 0 saturated carbocycles. The molecular weight excluding hydrogens is 214 g/mol. The Morgan fingerprint density at radius 3 is 2.41 bits per heavy atom. The average molecular weight is 239 g/mol. The number of hydrogen-bond donors (Lipinski definition) is 1. The Balaban J connectivity index is 0. The molecule has 2 N–H and O–H groups in total. The zero-order valence-electron chi connectivity index (χ0n) is 11.2. The van der Waals surface area contributed by atoms with Crippen molar-refractivity contribution in [1.82, 2.24) is 0 Å². The van der Waals surface area contributed by atoms with Gasteiger partial charge in [-0.05, 0) is 25.3 Å². The van der Waals surface area contributed by atoms with E-state index in [1.807, 2.05) is 19.9 Å². The van der Waals surface area contributed by atoms with Crippen LogP contribution >= 0.6 is 0 Å². The van der Waals surface area contributed by atoms with Crippen LogP contribution in [0.15, 0.2) is 37.0 Å². The van der Waals surface area contributed by atoms with E-state index in [0.717, 1.165) is 5.57 Å². The van der Waals surface area contributed by atoms with Crippen molar-refractivity contribution in [3.8, 4) is 0 Å². The molecule has 0 aliphatic carbocycles. The second-order valence-electron chi connectivity index (χ2n) is 3.08. The molecule has 0 radical (unpaired) electrons. The van der Waals surface area contributed by atoms with Gasteiger partial charge in [-0.2, -0.15) is 0 Å². The molecule has 0 aromatic carbocycles. The zero-order valence-corrected chi connectivity index (χ0v) is 11.2. The smallest absolute Gasteiger partial charge is 0.322 e. The van der Waals surface area contributed by atoms with Crippen LogP contribution in [-0.4, -0.2) is 18.6 Å². The van der Waals surface area contributed by atoms with E-state index in [4.69, 9.17) is 10.5 Å². The van der Waals surface area contributed by atoms with Gasteiger partial charge in [0.25, 0.3) is 0 Å². The fourth-order valence-electron chi connectivity index (χ4n) is 1.09. The van der Waals surface area contributed by atoms with E-state index in [1.165, 1.54) is 0 Å². The highest BCUT2D eigenvalue weighted by atomic mass is 16.5. The third-order valence-corrected chi connectivity index (χ3v) is 1.93. The number of ether oxygens (including phenoxy) is 1. The summed E-state index contributed by atoms with van der Waals surface area (Å²) in [5.74, 6) is -0.348. The van der Waals surface area contributed by atoms with Crippen molar-refractivity contribution in [3.63, 3.8) is 0 Å². The van der Waals surface area contributed by atoms with Gasteiger partial charge >= 0.3 is 5.97 Å². The standard InChI is InChI=1S/C12H19NO2.C2H6/c1-4-7-10(5-2)8-9-11(13)12(14)15-6-3;1-2/h4-5,7,11H,1-2,6,8-9,13H2,3H3;1-2H3/b10-7+;. The van der Waals surface area contributed by atoms with Crippen LogP contribution in [0.4, 0.5) is 0 Å². The van der Waals surface area contributed by atoms with Crippen molar-refractivity contribution >= 4 is 5.97 Å². The van der Waals surface area contributed by atoms with Gasteiger partial charge in [0, 0.05) is 0 Å².